The number of thioether (sulfide) groups is 2. The van der Waals surface area contributed by atoms with Gasteiger partial charge in [-0.2, -0.15) is 0 Å². The molecule has 0 bridgehead atoms. The molecule has 1 aromatic carbocycles. The number of rotatable bonds is 6. The van der Waals surface area contributed by atoms with Crippen LogP contribution in [0.4, 0.5) is 10.5 Å². The molecule has 4 rings (SSSR count). The molecular weight excluding hydrogens is 462 g/mol. The monoisotopic (exact) mass is 477 g/mol. The van der Waals surface area contributed by atoms with Crippen LogP contribution in [-0.2, 0) is 16.1 Å². The Morgan fingerprint density at radius 2 is 2.06 bits per heavy atom. The molecule has 2 N–H and O–H groups in total. The molecule has 2 fully saturated rings. The summed E-state index contributed by atoms with van der Waals surface area (Å²) in [5.74, 6) is 0.802. The zero-order chi connectivity index (χ0) is 21.8. The van der Waals surface area contributed by atoms with Gasteiger partial charge in [-0.3, -0.25) is 19.3 Å². The van der Waals surface area contributed by atoms with E-state index in [1.165, 1.54) is 11.2 Å². The van der Waals surface area contributed by atoms with Gasteiger partial charge in [0.1, 0.15) is 16.8 Å². The van der Waals surface area contributed by atoms with Gasteiger partial charge in [-0.1, -0.05) is 35.1 Å². The minimum atomic E-state index is -0.659. The summed E-state index contributed by atoms with van der Waals surface area (Å²) in [4.78, 5) is 38.2. The number of carbonyl (C=O) groups excluding carboxylic acids is 3. The lowest BCUT2D eigenvalue weighted by Gasteiger charge is -2.14. The Labute approximate surface area is 190 Å². The Hall–Kier alpha value is -2.76. The van der Waals surface area contributed by atoms with Crippen molar-refractivity contribution in [2.75, 3.05) is 11.1 Å². The fraction of sp³-hybridized carbons (Fsp3) is 0.211. The normalized spacial score (nSPS) is 21.2. The molecule has 12 heteroatoms. The van der Waals surface area contributed by atoms with Crippen molar-refractivity contribution in [2.45, 2.75) is 18.2 Å². The molecule has 1 atom stereocenters. The zero-order valence-corrected chi connectivity index (χ0v) is 18.3. The van der Waals surface area contributed by atoms with Gasteiger partial charge in [0.15, 0.2) is 5.17 Å². The van der Waals surface area contributed by atoms with Crippen molar-refractivity contribution in [3.8, 4) is 0 Å². The van der Waals surface area contributed by atoms with Gasteiger partial charge in [-0.25, -0.2) is 0 Å². The molecule has 0 radical (unpaired) electrons. The van der Waals surface area contributed by atoms with E-state index in [0.717, 1.165) is 23.5 Å². The molecule has 1 aromatic heterocycles. The number of halogens is 1. The van der Waals surface area contributed by atoms with Crippen LogP contribution in [0.15, 0.2) is 57.3 Å². The third-order valence-electron chi connectivity index (χ3n) is 4.26. The summed E-state index contributed by atoms with van der Waals surface area (Å²) in [5.41, 5.74) is 0.590. The number of carbonyl (C=O) groups is 3. The van der Waals surface area contributed by atoms with Gasteiger partial charge < -0.3 is 15.1 Å². The van der Waals surface area contributed by atoms with Crippen LogP contribution in [0, 0.1) is 0 Å². The molecule has 2 saturated heterocycles. The van der Waals surface area contributed by atoms with E-state index < -0.39 is 5.25 Å². The number of nitrogens with zero attached hydrogens (tertiary/aromatic N) is 3. The number of amidine groups is 2. The Kier molecular flexibility index (Phi) is 6.64. The Balaban J connectivity index is 1.48. The predicted octanol–water partition coefficient (Wildman–Crippen LogP) is 3.53. The largest absolute Gasteiger partial charge is 0.467 e. The summed E-state index contributed by atoms with van der Waals surface area (Å²) in [6, 6.07) is 10.2. The van der Waals surface area contributed by atoms with Crippen LogP contribution < -0.4 is 10.6 Å². The maximum Gasteiger partial charge on any atom is 0.284 e. The summed E-state index contributed by atoms with van der Waals surface area (Å²) in [6.07, 6.45) is 1.48. The van der Waals surface area contributed by atoms with E-state index in [9.17, 15) is 14.4 Å². The standard InChI is InChI=1S/C19H16ClN5O4S2/c20-11-3-5-12(6-4-11)21-16(26)8-14-17(27)25(9-13-2-1-7-29-13)18(31-14)24-23-15-10-30-19(28)22-15/h1-7,14H,8-10H2,(H,21,26)(H,22,23,28). The van der Waals surface area contributed by atoms with Crippen molar-refractivity contribution in [2.24, 2.45) is 10.2 Å². The lowest BCUT2D eigenvalue weighted by Crippen LogP contribution is -2.33. The van der Waals surface area contributed by atoms with Crippen molar-refractivity contribution < 1.29 is 18.8 Å². The van der Waals surface area contributed by atoms with Crippen LogP contribution in [0.3, 0.4) is 0 Å². The highest BCUT2D eigenvalue weighted by molar-refractivity contribution is 8.15. The fourth-order valence-corrected chi connectivity index (χ4v) is 4.61. The van der Waals surface area contributed by atoms with Crippen LogP contribution in [0.2, 0.25) is 5.02 Å². The maximum atomic E-state index is 13.0. The van der Waals surface area contributed by atoms with Crippen LogP contribution in [0.5, 0.6) is 0 Å². The number of amides is 3. The minimum absolute atomic E-state index is 0.0387. The molecule has 2 aromatic rings. The summed E-state index contributed by atoms with van der Waals surface area (Å²) in [7, 11) is 0. The summed E-state index contributed by atoms with van der Waals surface area (Å²) in [5, 5.41) is 13.6. The van der Waals surface area contributed by atoms with E-state index in [-0.39, 0.29) is 30.0 Å². The number of benzene rings is 1. The molecule has 2 aliphatic heterocycles. The van der Waals surface area contributed by atoms with Gasteiger partial charge in [-0.05, 0) is 36.4 Å². The molecule has 31 heavy (non-hydrogen) atoms. The highest BCUT2D eigenvalue weighted by atomic mass is 35.5. The van der Waals surface area contributed by atoms with E-state index in [4.69, 9.17) is 16.0 Å². The van der Waals surface area contributed by atoms with Crippen LogP contribution in [-0.4, -0.2) is 44.0 Å². The van der Waals surface area contributed by atoms with Crippen molar-refractivity contribution in [1.29, 1.82) is 0 Å². The third-order valence-corrected chi connectivity index (χ3v) is 6.46. The highest BCUT2D eigenvalue weighted by Gasteiger charge is 2.40. The summed E-state index contributed by atoms with van der Waals surface area (Å²) in [6.45, 7) is 0.166. The first-order valence-electron chi connectivity index (χ1n) is 9.12. The molecule has 0 aliphatic carbocycles. The van der Waals surface area contributed by atoms with Crippen LogP contribution in [0.25, 0.3) is 0 Å². The van der Waals surface area contributed by atoms with E-state index in [1.54, 1.807) is 36.4 Å². The molecule has 3 amide bonds. The van der Waals surface area contributed by atoms with Crippen molar-refractivity contribution >= 4 is 68.9 Å². The average molecular weight is 478 g/mol. The van der Waals surface area contributed by atoms with E-state index in [1.807, 2.05) is 0 Å². The number of furan rings is 1. The second-order valence-corrected chi connectivity index (χ2v) is 9.05. The van der Waals surface area contributed by atoms with Gasteiger partial charge >= 0.3 is 0 Å². The molecular formula is C19H16ClN5O4S2. The predicted molar refractivity (Wildman–Crippen MR) is 121 cm³/mol. The first-order valence-corrected chi connectivity index (χ1v) is 11.4. The number of anilines is 1. The summed E-state index contributed by atoms with van der Waals surface area (Å²) < 4.78 is 5.34. The van der Waals surface area contributed by atoms with Gasteiger partial charge in [0.25, 0.3) is 5.24 Å². The van der Waals surface area contributed by atoms with Gasteiger partial charge in [0.05, 0.1) is 18.6 Å². The van der Waals surface area contributed by atoms with Crippen LogP contribution in [0.1, 0.15) is 12.2 Å². The molecule has 3 heterocycles. The molecule has 1 unspecified atom stereocenters. The number of nitrogens with one attached hydrogen (secondary N) is 2. The Morgan fingerprint density at radius 1 is 1.26 bits per heavy atom. The van der Waals surface area contributed by atoms with Crippen molar-refractivity contribution in [3.63, 3.8) is 0 Å². The molecule has 160 valence electrons. The van der Waals surface area contributed by atoms with Crippen LogP contribution >= 0.6 is 35.1 Å². The van der Waals surface area contributed by atoms with Gasteiger partial charge in [0.2, 0.25) is 11.8 Å². The Bertz CT molecular complexity index is 1060. The smallest absolute Gasteiger partial charge is 0.284 e. The molecule has 0 saturated carbocycles. The SMILES string of the molecule is O=C(CC1SC(=NN=C2CSC(=O)N2)N(Cc2ccco2)C1=O)Nc1ccc(Cl)cc1. The number of hydrogen-bond donors (Lipinski definition) is 2. The van der Waals surface area contributed by atoms with Gasteiger partial charge in [-0.15, -0.1) is 10.2 Å². The second kappa shape index (κ2) is 9.58. The summed E-state index contributed by atoms with van der Waals surface area (Å²) >= 11 is 8.10. The molecule has 2 aliphatic rings. The second-order valence-electron chi connectivity index (χ2n) is 6.50. The molecule has 9 nitrogen and oxygen atoms in total. The zero-order valence-electron chi connectivity index (χ0n) is 15.9. The van der Waals surface area contributed by atoms with E-state index in [0.29, 0.717) is 33.2 Å². The minimum Gasteiger partial charge on any atom is -0.467 e. The first-order chi connectivity index (χ1) is 15.0. The van der Waals surface area contributed by atoms with Gasteiger partial charge in [0, 0.05) is 17.1 Å². The average Bonchev–Trinajstić information content (AvgIpc) is 3.46. The fourth-order valence-electron chi connectivity index (χ4n) is 2.81. The highest BCUT2D eigenvalue weighted by Crippen LogP contribution is 2.31. The van der Waals surface area contributed by atoms with E-state index in [2.05, 4.69) is 20.8 Å². The van der Waals surface area contributed by atoms with Crippen molar-refractivity contribution in [1.82, 2.24) is 10.2 Å². The maximum absolute atomic E-state index is 13.0. The lowest BCUT2D eigenvalue weighted by molar-refractivity contribution is -0.128. The first kappa shape index (κ1) is 21.5. The number of hydrogen-bond acceptors (Lipinski definition) is 8. The Morgan fingerprint density at radius 3 is 2.74 bits per heavy atom. The molecule has 0 spiro atoms. The quantitative estimate of drug-likeness (QED) is 0.615. The topological polar surface area (TPSA) is 116 Å². The third kappa shape index (κ3) is 5.49. The lowest BCUT2D eigenvalue weighted by atomic mass is 10.2. The van der Waals surface area contributed by atoms with E-state index >= 15 is 0 Å². The van der Waals surface area contributed by atoms with Crippen molar-refractivity contribution in [3.05, 3.63) is 53.4 Å².